The van der Waals surface area contributed by atoms with Crippen LogP contribution < -0.4 is 15.4 Å². The van der Waals surface area contributed by atoms with Gasteiger partial charge in [-0.25, -0.2) is 4.99 Å². The maximum atomic E-state index is 5.71. The van der Waals surface area contributed by atoms with Crippen molar-refractivity contribution in [2.45, 2.75) is 33.2 Å². The van der Waals surface area contributed by atoms with Gasteiger partial charge in [0.05, 0.1) is 6.61 Å². The van der Waals surface area contributed by atoms with Crippen LogP contribution in [-0.2, 0) is 13.0 Å². The molecule has 0 unspecified atom stereocenters. The Morgan fingerprint density at radius 3 is 2.83 bits per heavy atom. The SMILES string of the molecule is CCCOc1cccc(CCNC(=NCc2nnc3ccccn23)NCC)c1.I. The topological polar surface area (TPSA) is 75.8 Å². The van der Waals surface area contributed by atoms with Gasteiger partial charge in [-0.05, 0) is 49.6 Å². The highest BCUT2D eigenvalue weighted by Gasteiger charge is 2.05. The average Bonchev–Trinajstić information content (AvgIpc) is 3.14. The van der Waals surface area contributed by atoms with E-state index in [0.717, 1.165) is 55.7 Å². The second kappa shape index (κ2) is 12.3. The Labute approximate surface area is 189 Å². The third kappa shape index (κ3) is 6.88. The number of benzene rings is 1. The predicted molar refractivity (Wildman–Crippen MR) is 127 cm³/mol. The molecule has 0 saturated heterocycles. The molecule has 2 aromatic heterocycles. The van der Waals surface area contributed by atoms with Crippen molar-refractivity contribution in [1.82, 2.24) is 25.2 Å². The lowest BCUT2D eigenvalue weighted by atomic mass is 10.1. The second-order valence-electron chi connectivity index (χ2n) is 6.41. The first-order chi connectivity index (χ1) is 13.8. The number of aromatic nitrogens is 3. The Hall–Kier alpha value is -2.36. The standard InChI is InChI=1S/C21H28N6O.HI/c1-3-14-28-18-9-7-8-17(15-18)11-12-23-21(22-4-2)24-16-20-26-25-19-10-5-6-13-27(19)20;/h5-10,13,15H,3-4,11-12,14,16H2,1-2H3,(H2,22,23,24);1H. The van der Waals surface area contributed by atoms with E-state index in [0.29, 0.717) is 6.54 Å². The van der Waals surface area contributed by atoms with E-state index in [1.807, 2.05) is 40.9 Å². The highest BCUT2D eigenvalue weighted by Crippen LogP contribution is 2.13. The van der Waals surface area contributed by atoms with Gasteiger partial charge >= 0.3 is 0 Å². The molecular weight excluding hydrogens is 479 g/mol. The van der Waals surface area contributed by atoms with Crippen molar-refractivity contribution in [2.75, 3.05) is 19.7 Å². The molecule has 0 spiro atoms. The van der Waals surface area contributed by atoms with Gasteiger partial charge in [-0.1, -0.05) is 25.1 Å². The minimum atomic E-state index is 0. The maximum absolute atomic E-state index is 5.71. The van der Waals surface area contributed by atoms with Gasteiger partial charge in [0.25, 0.3) is 0 Å². The first-order valence-electron chi connectivity index (χ1n) is 9.82. The third-order valence-electron chi connectivity index (χ3n) is 4.18. The van der Waals surface area contributed by atoms with Gasteiger partial charge in [0.1, 0.15) is 12.3 Å². The lowest BCUT2D eigenvalue weighted by Crippen LogP contribution is -2.38. The number of pyridine rings is 1. The van der Waals surface area contributed by atoms with Crippen LogP contribution in [0.15, 0.2) is 53.7 Å². The quantitative estimate of drug-likeness (QED) is 0.263. The number of hydrogen-bond acceptors (Lipinski definition) is 4. The molecule has 0 radical (unpaired) electrons. The molecule has 2 heterocycles. The van der Waals surface area contributed by atoms with Crippen LogP contribution in [0.4, 0.5) is 0 Å². The van der Waals surface area contributed by atoms with E-state index in [1.165, 1.54) is 5.56 Å². The molecule has 29 heavy (non-hydrogen) atoms. The normalized spacial score (nSPS) is 11.2. The van der Waals surface area contributed by atoms with E-state index < -0.39 is 0 Å². The summed E-state index contributed by atoms with van der Waals surface area (Å²) in [7, 11) is 0. The Morgan fingerprint density at radius 1 is 1.10 bits per heavy atom. The molecule has 0 saturated carbocycles. The molecule has 156 valence electrons. The summed E-state index contributed by atoms with van der Waals surface area (Å²) in [6.07, 6.45) is 3.85. The Balaban J connectivity index is 0.00000300. The molecule has 1 aromatic carbocycles. The van der Waals surface area contributed by atoms with Gasteiger partial charge in [-0.15, -0.1) is 34.2 Å². The van der Waals surface area contributed by atoms with Gasteiger partial charge in [-0.3, -0.25) is 4.40 Å². The molecule has 0 fully saturated rings. The molecule has 8 heteroatoms. The zero-order chi connectivity index (χ0) is 19.6. The summed E-state index contributed by atoms with van der Waals surface area (Å²) in [5, 5.41) is 15.0. The van der Waals surface area contributed by atoms with Crippen molar-refractivity contribution < 1.29 is 4.74 Å². The summed E-state index contributed by atoms with van der Waals surface area (Å²) in [4.78, 5) is 4.64. The van der Waals surface area contributed by atoms with Gasteiger partial charge in [0.2, 0.25) is 0 Å². The Bertz CT molecular complexity index is 911. The third-order valence-corrected chi connectivity index (χ3v) is 4.18. The number of nitrogens with one attached hydrogen (secondary N) is 2. The van der Waals surface area contributed by atoms with E-state index in [1.54, 1.807) is 0 Å². The summed E-state index contributed by atoms with van der Waals surface area (Å²) >= 11 is 0. The molecule has 0 amide bonds. The van der Waals surface area contributed by atoms with Crippen molar-refractivity contribution in [3.63, 3.8) is 0 Å². The molecule has 2 N–H and O–H groups in total. The molecular formula is C21H29IN6O. The first-order valence-corrected chi connectivity index (χ1v) is 9.82. The second-order valence-corrected chi connectivity index (χ2v) is 6.41. The molecule has 0 aliphatic heterocycles. The number of ether oxygens (including phenoxy) is 1. The number of guanidine groups is 1. The van der Waals surface area contributed by atoms with Crippen LogP contribution in [0.25, 0.3) is 5.65 Å². The monoisotopic (exact) mass is 508 g/mol. The lowest BCUT2D eigenvalue weighted by Gasteiger charge is -2.12. The summed E-state index contributed by atoms with van der Waals surface area (Å²) in [6, 6.07) is 14.1. The molecule has 0 bridgehead atoms. The molecule has 7 nitrogen and oxygen atoms in total. The van der Waals surface area contributed by atoms with Crippen molar-refractivity contribution in [2.24, 2.45) is 4.99 Å². The van der Waals surface area contributed by atoms with Gasteiger partial charge < -0.3 is 15.4 Å². The zero-order valence-electron chi connectivity index (χ0n) is 17.0. The predicted octanol–water partition coefficient (Wildman–Crippen LogP) is 3.43. The van der Waals surface area contributed by atoms with Crippen molar-refractivity contribution in [3.8, 4) is 5.75 Å². The van der Waals surface area contributed by atoms with E-state index in [2.05, 4.69) is 51.8 Å². The van der Waals surface area contributed by atoms with Crippen LogP contribution in [0.1, 0.15) is 31.7 Å². The molecule has 3 aromatic rings. The van der Waals surface area contributed by atoms with E-state index >= 15 is 0 Å². The number of aliphatic imine (C=N–C) groups is 1. The van der Waals surface area contributed by atoms with Crippen LogP contribution >= 0.6 is 24.0 Å². The van der Waals surface area contributed by atoms with E-state index in [4.69, 9.17) is 4.74 Å². The van der Waals surface area contributed by atoms with Crippen LogP contribution in [0.2, 0.25) is 0 Å². The van der Waals surface area contributed by atoms with Crippen LogP contribution in [0.3, 0.4) is 0 Å². The molecule has 3 rings (SSSR count). The van der Waals surface area contributed by atoms with Gasteiger partial charge in [0.15, 0.2) is 17.4 Å². The fourth-order valence-electron chi connectivity index (χ4n) is 2.83. The molecule has 0 aliphatic rings. The summed E-state index contributed by atoms with van der Waals surface area (Å²) in [5.74, 6) is 2.51. The molecule has 0 aliphatic carbocycles. The smallest absolute Gasteiger partial charge is 0.191 e. The lowest BCUT2D eigenvalue weighted by molar-refractivity contribution is 0.317. The fourth-order valence-corrected chi connectivity index (χ4v) is 2.83. The van der Waals surface area contributed by atoms with Crippen LogP contribution in [0, 0.1) is 0 Å². The molecule has 0 atom stereocenters. The number of rotatable bonds is 9. The zero-order valence-corrected chi connectivity index (χ0v) is 19.3. The highest BCUT2D eigenvalue weighted by molar-refractivity contribution is 14.0. The summed E-state index contributed by atoms with van der Waals surface area (Å²) in [5.41, 5.74) is 2.07. The number of nitrogens with zero attached hydrogens (tertiary/aromatic N) is 4. The van der Waals surface area contributed by atoms with Crippen molar-refractivity contribution >= 4 is 35.6 Å². The highest BCUT2D eigenvalue weighted by atomic mass is 127. The minimum Gasteiger partial charge on any atom is -0.494 e. The first kappa shape index (κ1) is 22.9. The largest absolute Gasteiger partial charge is 0.494 e. The Kier molecular flexibility index (Phi) is 9.69. The number of halogens is 1. The maximum Gasteiger partial charge on any atom is 0.191 e. The summed E-state index contributed by atoms with van der Waals surface area (Å²) in [6.45, 7) is 6.95. The number of fused-ring (bicyclic) bond motifs is 1. The fraction of sp³-hybridized carbons (Fsp3) is 0.381. The van der Waals surface area contributed by atoms with Gasteiger partial charge in [-0.2, -0.15) is 0 Å². The summed E-state index contributed by atoms with van der Waals surface area (Å²) < 4.78 is 7.66. The van der Waals surface area contributed by atoms with Gasteiger partial charge in [0, 0.05) is 19.3 Å². The minimum absolute atomic E-state index is 0. The van der Waals surface area contributed by atoms with Crippen molar-refractivity contribution in [1.29, 1.82) is 0 Å². The number of hydrogen-bond donors (Lipinski definition) is 2. The van der Waals surface area contributed by atoms with Crippen molar-refractivity contribution in [3.05, 3.63) is 60.0 Å². The van der Waals surface area contributed by atoms with E-state index in [-0.39, 0.29) is 24.0 Å². The van der Waals surface area contributed by atoms with E-state index in [9.17, 15) is 0 Å². The average molecular weight is 508 g/mol. The van der Waals surface area contributed by atoms with Crippen LogP contribution in [-0.4, -0.2) is 40.3 Å². The Morgan fingerprint density at radius 2 is 2.00 bits per heavy atom. The van der Waals surface area contributed by atoms with Crippen LogP contribution in [0.5, 0.6) is 5.75 Å².